The van der Waals surface area contributed by atoms with E-state index in [1.807, 2.05) is 12.4 Å². The van der Waals surface area contributed by atoms with Crippen LogP contribution < -0.4 is 5.32 Å². The van der Waals surface area contributed by atoms with Crippen LogP contribution >= 0.6 is 0 Å². The number of pyridine rings is 1. The highest BCUT2D eigenvalue weighted by Gasteiger charge is 2.00. The number of nitrogens with one attached hydrogen (secondary N) is 1. The van der Waals surface area contributed by atoms with Gasteiger partial charge in [0.05, 0.1) is 0 Å². The van der Waals surface area contributed by atoms with Crippen LogP contribution in [-0.2, 0) is 6.42 Å². The Balaban J connectivity index is 2.19. The van der Waals surface area contributed by atoms with Crippen molar-refractivity contribution in [2.75, 3.05) is 13.1 Å². The van der Waals surface area contributed by atoms with E-state index in [9.17, 15) is 0 Å². The lowest BCUT2D eigenvalue weighted by molar-refractivity contribution is 0.478. The van der Waals surface area contributed by atoms with Gasteiger partial charge < -0.3 is 5.32 Å². The average molecular weight is 220 g/mol. The Hall–Kier alpha value is -0.890. The van der Waals surface area contributed by atoms with Gasteiger partial charge in [0.1, 0.15) is 0 Å². The summed E-state index contributed by atoms with van der Waals surface area (Å²) in [7, 11) is 0. The van der Waals surface area contributed by atoms with Crippen molar-refractivity contribution in [2.45, 2.75) is 40.0 Å². The van der Waals surface area contributed by atoms with Crippen LogP contribution in [0.15, 0.2) is 18.5 Å². The first-order valence-corrected chi connectivity index (χ1v) is 6.34. The minimum atomic E-state index is 0.795. The van der Waals surface area contributed by atoms with E-state index < -0.39 is 0 Å². The minimum Gasteiger partial charge on any atom is -0.316 e. The maximum atomic E-state index is 4.11. The van der Waals surface area contributed by atoms with Crippen molar-refractivity contribution in [2.24, 2.45) is 5.92 Å². The van der Waals surface area contributed by atoms with Crippen molar-refractivity contribution in [1.82, 2.24) is 10.3 Å². The average Bonchev–Trinajstić information content (AvgIpc) is 2.27. The van der Waals surface area contributed by atoms with E-state index in [1.54, 1.807) is 0 Å². The Labute approximate surface area is 99.5 Å². The van der Waals surface area contributed by atoms with Crippen molar-refractivity contribution in [3.63, 3.8) is 0 Å². The topological polar surface area (TPSA) is 24.9 Å². The highest BCUT2D eigenvalue weighted by atomic mass is 14.8. The molecule has 0 aromatic carbocycles. The highest BCUT2D eigenvalue weighted by Crippen LogP contribution is 2.06. The van der Waals surface area contributed by atoms with E-state index in [-0.39, 0.29) is 0 Å². The summed E-state index contributed by atoms with van der Waals surface area (Å²) in [6.07, 6.45) is 7.53. The molecular weight excluding hydrogens is 196 g/mol. The van der Waals surface area contributed by atoms with Gasteiger partial charge in [0.2, 0.25) is 0 Å². The third-order valence-electron chi connectivity index (χ3n) is 2.98. The smallest absolute Gasteiger partial charge is 0.0299 e. The second-order valence-electron chi connectivity index (χ2n) is 4.65. The molecule has 2 heteroatoms. The molecule has 0 saturated heterocycles. The fourth-order valence-electron chi connectivity index (χ4n) is 1.95. The normalized spacial score (nSPS) is 12.7. The van der Waals surface area contributed by atoms with Gasteiger partial charge in [0.15, 0.2) is 0 Å². The molecule has 1 N–H and O–H groups in total. The zero-order valence-electron chi connectivity index (χ0n) is 10.8. The molecule has 0 amide bonds. The molecule has 1 heterocycles. The van der Waals surface area contributed by atoms with Crippen molar-refractivity contribution in [3.05, 3.63) is 29.6 Å². The molecule has 0 aliphatic rings. The van der Waals surface area contributed by atoms with Crippen molar-refractivity contribution in [1.29, 1.82) is 0 Å². The molecule has 1 rings (SSSR count). The van der Waals surface area contributed by atoms with Gasteiger partial charge in [-0.05, 0) is 56.0 Å². The maximum absolute atomic E-state index is 4.11. The number of nitrogens with zero attached hydrogens (tertiary/aromatic N) is 1. The van der Waals surface area contributed by atoms with E-state index in [1.165, 1.54) is 24.0 Å². The summed E-state index contributed by atoms with van der Waals surface area (Å²) in [5.74, 6) is 0.795. The molecule has 16 heavy (non-hydrogen) atoms. The zero-order valence-corrected chi connectivity index (χ0v) is 10.8. The van der Waals surface area contributed by atoms with Gasteiger partial charge in [-0.2, -0.15) is 0 Å². The lowest BCUT2D eigenvalue weighted by Gasteiger charge is -2.11. The zero-order chi connectivity index (χ0) is 11.8. The largest absolute Gasteiger partial charge is 0.316 e. The Morgan fingerprint density at radius 3 is 2.94 bits per heavy atom. The van der Waals surface area contributed by atoms with Crippen molar-refractivity contribution < 1.29 is 0 Å². The van der Waals surface area contributed by atoms with Crippen LogP contribution in [0.5, 0.6) is 0 Å². The second-order valence-corrected chi connectivity index (χ2v) is 4.65. The quantitative estimate of drug-likeness (QED) is 0.715. The monoisotopic (exact) mass is 220 g/mol. The Kier molecular flexibility index (Phi) is 6.09. The van der Waals surface area contributed by atoms with Crippen LogP contribution in [0.3, 0.4) is 0 Å². The summed E-state index contributed by atoms with van der Waals surface area (Å²) in [6, 6.07) is 2.12. The first-order chi connectivity index (χ1) is 7.74. The third-order valence-corrected chi connectivity index (χ3v) is 2.98. The maximum Gasteiger partial charge on any atom is 0.0299 e. The van der Waals surface area contributed by atoms with Crippen LogP contribution in [0.25, 0.3) is 0 Å². The van der Waals surface area contributed by atoms with Crippen LogP contribution in [0.4, 0.5) is 0 Å². The van der Waals surface area contributed by atoms with Crippen molar-refractivity contribution >= 4 is 0 Å². The van der Waals surface area contributed by atoms with Crippen LogP contribution in [0.1, 0.15) is 37.8 Å². The molecule has 0 radical (unpaired) electrons. The van der Waals surface area contributed by atoms with E-state index in [4.69, 9.17) is 0 Å². The SMILES string of the molecule is CCCC(C)CNCCc1ccncc1C. The minimum absolute atomic E-state index is 0.795. The predicted octanol–water partition coefficient (Wildman–Crippen LogP) is 2.96. The fraction of sp³-hybridized carbons (Fsp3) is 0.643. The van der Waals surface area contributed by atoms with E-state index in [0.717, 1.165) is 25.4 Å². The summed E-state index contributed by atoms with van der Waals surface area (Å²) in [5.41, 5.74) is 2.71. The Bertz CT molecular complexity index is 297. The summed E-state index contributed by atoms with van der Waals surface area (Å²) in [6.45, 7) is 8.89. The van der Waals surface area contributed by atoms with Crippen LogP contribution in [-0.4, -0.2) is 18.1 Å². The number of aryl methyl sites for hydroxylation is 1. The summed E-state index contributed by atoms with van der Waals surface area (Å²) >= 11 is 0. The summed E-state index contributed by atoms with van der Waals surface area (Å²) in [4.78, 5) is 4.11. The van der Waals surface area contributed by atoms with E-state index >= 15 is 0 Å². The molecule has 1 atom stereocenters. The molecule has 0 bridgehead atoms. The van der Waals surface area contributed by atoms with Crippen molar-refractivity contribution in [3.8, 4) is 0 Å². The molecule has 0 aliphatic heterocycles. The predicted molar refractivity (Wildman–Crippen MR) is 69.6 cm³/mol. The molecule has 0 fully saturated rings. The first kappa shape index (κ1) is 13.2. The molecule has 0 spiro atoms. The fourth-order valence-corrected chi connectivity index (χ4v) is 1.95. The van der Waals surface area contributed by atoms with Gasteiger partial charge in [0.25, 0.3) is 0 Å². The van der Waals surface area contributed by atoms with E-state index in [2.05, 4.69) is 37.1 Å². The van der Waals surface area contributed by atoms with E-state index in [0.29, 0.717) is 0 Å². The molecule has 1 aromatic heterocycles. The Morgan fingerprint density at radius 2 is 2.25 bits per heavy atom. The summed E-state index contributed by atoms with van der Waals surface area (Å²) < 4.78 is 0. The summed E-state index contributed by atoms with van der Waals surface area (Å²) in [5, 5.41) is 3.53. The van der Waals surface area contributed by atoms with Gasteiger partial charge in [-0.25, -0.2) is 0 Å². The molecule has 0 aliphatic carbocycles. The van der Waals surface area contributed by atoms with Gasteiger partial charge in [-0.1, -0.05) is 20.3 Å². The molecular formula is C14H24N2. The van der Waals surface area contributed by atoms with Gasteiger partial charge in [-0.15, -0.1) is 0 Å². The molecule has 2 nitrogen and oxygen atoms in total. The lowest BCUT2D eigenvalue weighted by Crippen LogP contribution is -2.23. The number of hydrogen-bond donors (Lipinski definition) is 1. The first-order valence-electron chi connectivity index (χ1n) is 6.34. The molecule has 90 valence electrons. The number of hydrogen-bond acceptors (Lipinski definition) is 2. The molecule has 1 unspecified atom stereocenters. The number of aromatic nitrogens is 1. The second kappa shape index (κ2) is 7.39. The van der Waals surface area contributed by atoms with Gasteiger partial charge in [-0.3, -0.25) is 4.98 Å². The van der Waals surface area contributed by atoms with Gasteiger partial charge in [0, 0.05) is 12.4 Å². The highest BCUT2D eigenvalue weighted by molar-refractivity contribution is 5.21. The molecule has 0 saturated carbocycles. The van der Waals surface area contributed by atoms with Gasteiger partial charge >= 0.3 is 0 Å². The number of rotatable bonds is 7. The standard InChI is InChI=1S/C14H24N2/c1-4-5-12(2)10-15-8-6-14-7-9-16-11-13(14)3/h7,9,11-12,15H,4-6,8,10H2,1-3H3. The van der Waals surface area contributed by atoms with Crippen LogP contribution in [0.2, 0.25) is 0 Å². The van der Waals surface area contributed by atoms with Crippen LogP contribution in [0, 0.1) is 12.8 Å². The lowest BCUT2D eigenvalue weighted by atomic mass is 10.1. The molecule has 1 aromatic rings. The third kappa shape index (κ3) is 4.75. The Morgan fingerprint density at radius 1 is 1.44 bits per heavy atom.